The van der Waals surface area contributed by atoms with Crippen LogP contribution in [0.1, 0.15) is 34.3 Å². The summed E-state index contributed by atoms with van der Waals surface area (Å²) in [6.45, 7) is 2.22. The number of Topliss-reactive ketones (excluding diaryl/α,β-unsaturated/α-hetero) is 1. The number of ketones is 1. The second-order valence-electron chi connectivity index (χ2n) is 4.55. The minimum Gasteiger partial charge on any atom is -0.492 e. The number of benzene rings is 2. The predicted octanol–water partition coefficient (Wildman–Crippen LogP) is 3.41. The van der Waals surface area contributed by atoms with Gasteiger partial charge in [0.25, 0.3) is 0 Å². The minimum atomic E-state index is 0.0956. The molecule has 0 amide bonds. The summed E-state index contributed by atoms with van der Waals surface area (Å²) < 4.78 is 5.70. The lowest BCUT2D eigenvalue weighted by Gasteiger charge is -2.11. The Morgan fingerprint density at radius 2 is 1.89 bits per heavy atom. The van der Waals surface area contributed by atoms with E-state index in [4.69, 9.17) is 4.74 Å². The first-order valence-electron chi connectivity index (χ1n) is 6.09. The van der Waals surface area contributed by atoms with Crippen molar-refractivity contribution in [3.8, 4) is 5.75 Å². The molecule has 2 heteroatoms. The van der Waals surface area contributed by atoms with Crippen LogP contribution in [0.15, 0.2) is 48.5 Å². The zero-order chi connectivity index (χ0) is 12.5. The minimum absolute atomic E-state index is 0.0956. The molecule has 0 aromatic heterocycles. The Hall–Kier alpha value is -2.09. The molecule has 0 radical (unpaired) electrons. The summed E-state index contributed by atoms with van der Waals surface area (Å²) in [4.78, 5) is 11.7. The Labute approximate surface area is 106 Å². The second-order valence-corrected chi connectivity index (χ2v) is 4.55. The Kier molecular flexibility index (Phi) is 2.63. The molecule has 2 aromatic rings. The van der Waals surface area contributed by atoms with Gasteiger partial charge in [0.15, 0.2) is 5.78 Å². The summed E-state index contributed by atoms with van der Waals surface area (Å²) in [6.07, 6.45) is 0. The quantitative estimate of drug-likeness (QED) is 0.749. The molecule has 18 heavy (non-hydrogen) atoms. The van der Waals surface area contributed by atoms with Crippen molar-refractivity contribution < 1.29 is 9.53 Å². The van der Waals surface area contributed by atoms with Gasteiger partial charge >= 0.3 is 0 Å². The van der Waals surface area contributed by atoms with Crippen molar-refractivity contribution in [1.29, 1.82) is 0 Å². The lowest BCUT2D eigenvalue weighted by molar-refractivity contribution is 0.101. The predicted molar refractivity (Wildman–Crippen MR) is 70.2 cm³/mol. The number of carbonyl (C=O) groups excluding carboxylic acids is 1. The Morgan fingerprint density at radius 3 is 2.61 bits per heavy atom. The van der Waals surface area contributed by atoms with E-state index in [9.17, 15) is 4.79 Å². The molecule has 0 saturated heterocycles. The highest BCUT2D eigenvalue weighted by Crippen LogP contribution is 2.40. The lowest BCUT2D eigenvalue weighted by Crippen LogP contribution is -2.06. The molecule has 90 valence electrons. The van der Waals surface area contributed by atoms with E-state index < -0.39 is 0 Å². The average Bonchev–Trinajstić information content (AvgIpc) is 2.83. The van der Waals surface area contributed by atoms with Gasteiger partial charge in [-0.3, -0.25) is 4.79 Å². The molecule has 0 spiro atoms. The van der Waals surface area contributed by atoms with Gasteiger partial charge in [0.05, 0.1) is 6.61 Å². The van der Waals surface area contributed by atoms with Crippen molar-refractivity contribution in [3.05, 3.63) is 65.2 Å². The van der Waals surface area contributed by atoms with Crippen LogP contribution in [0.3, 0.4) is 0 Å². The highest BCUT2D eigenvalue weighted by atomic mass is 16.5. The standard InChI is InChI=1S/C16H14O2/c1-11(17)13-8-5-9-15-16(13)14(10-18-15)12-6-3-2-4-7-12/h2-9,14H,10H2,1H3/t14-/m1/s1. The molecule has 2 nitrogen and oxygen atoms in total. The van der Waals surface area contributed by atoms with Crippen molar-refractivity contribution in [1.82, 2.24) is 0 Å². The van der Waals surface area contributed by atoms with Gasteiger partial charge in [-0.05, 0) is 18.6 Å². The summed E-state index contributed by atoms with van der Waals surface area (Å²) in [7, 11) is 0. The molecular weight excluding hydrogens is 224 g/mol. The molecule has 0 saturated carbocycles. The molecular formula is C16H14O2. The van der Waals surface area contributed by atoms with Crippen LogP contribution in [0.25, 0.3) is 0 Å². The van der Waals surface area contributed by atoms with Gasteiger partial charge in [-0.2, -0.15) is 0 Å². The molecule has 1 atom stereocenters. The fraction of sp³-hybridized carbons (Fsp3) is 0.188. The highest BCUT2D eigenvalue weighted by Gasteiger charge is 2.29. The monoisotopic (exact) mass is 238 g/mol. The van der Waals surface area contributed by atoms with E-state index in [-0.39, 0.29) is 11.7 Å². The van der Waals surface area contributed by atoms with Crippen molar-refractivity contribution >= 4 is 5.78 Å². The molecule has 0 unspecified atom stereocenters. The third-order valence-electron chi connectivity index (χ3n) is 3.40. The fourth-order valence-corrected chi connectivity index (χ4v) is 2.54. The molecule has 0 N–H and O–H groups in total. The number of fused-ring (bicyclic) bond motifs is 1. The van der Waals surface area contributed by atoms with Crippen LogP contribution in [0, 0.1) is 0 Å². The van der Waals surface area contributed by atoms with Gasteiger partial charge in [-0.25, -0.2) is 0 Å². The first-order valence-corrected chi connectivity index (χ1v) is 6.09. The maximum atomic E-state index is 11.7. The molecule has 0 fully saturated rings. The smallest absolute Gasteiger partial charge is 0.160 e. The first kappa shape index (κ1) is 11.0. The van der Waals surface area contributed by atoms with E-state index >= 15 is 0 Å². The van der Waals surface area contributed by atoms with Gasteiger partial charge in [0, 0.05) is 17.0 Å². The number of hydrogen-bond acceptors (Lipinski definition) is 2. The van der Waals surface area contributed by atoms with Gasteiger partial charge in [0.2, 0.25) is 0 Å². The van der Waals surface area contributed by atoms with Crippen molar-refractivity contribution in [2.75, 3.05) is 6.61 Å². The number of carbonyl (C=O) groups is 1. The van der Waals surface area contributed by atoms with Gasteiger partial charge < -0.3 is 4.74 Å². The summed E-state index contributed by atoms with van der Waals surface area (Å²) >= 11 is 0. The van der Waals surface area contributed by atoms with E-state index in [1.54, 1.807) is 6.92 Å². The molecule has 1 aliphatic rings. The molecule has 2 aromatic carbocycles. The molecule has 1 heterocycles. The summed E-state index contributed by atoms with van der Waals surface area (Å²) in [5.74, 6) is 1.11. The largest absolute Gasteiger partial charge is 0.492 e. The third-order valence-corrected chi connectivity index (χ3v) is 3.40. The Morgan fingerprint density at radius 1 is 1.11 bits per heavy atom. The van der Waals surface area contributed by atoms with Crippen LogP contribution in [-0.2, 0) is 0 Å². The molecule has 0 bridgehead atoms. The lowest BCUT2D eigenvalue weighted by atomic mass is 9.88. The van der Waals surface area contributed by atoms with Gasteiger partial charge in [-0.15, -0.1) is 0 Å². The van der Waals surface area contributed by atoms with E-state index in [0.29, 0.717) is 6.61 Å². The first-order chi connectivity index (χ1) is 8.77. The van der Waals surface area contributed by atoms with E-state index in [1.165, 1.54) is 5.56 Å². The topological polar surface area (TPSA) is 26.3 Å². The zero-order valence-electron chi connectivity index (χ0n) is 10.2. The van der Waals surface area contributed by atoms with Crippen LogP contribution >= 0.6 is 0 Å². The van der Waals surface area contributed by atoms with Crippen LogP contribution in [0.5, 0.6) is 5.75 Å². The maximum absolute atomic E-state index is 11.7. The third kappa shape index (κ3) is 1.70. The van der Waals surface area contributed by atoms with Crippen LogP contribution in [0.4, 0.5) is 0 Å². The number of hydrogen-bond donors (Lipinski definition) is 0. The maximum Gasteiger partial charge on any atom is 0.160 e. The van der Waals surface area contributed by atoms with Gasteiger partial charge in [0.1, 0.15) is 5.75 Å². The molecule has 0 aliphatic carbocycles. The Balaban J connectivity index is 2.14. The summed E-state index contributed by atoms with van der Waals surface area (Å²) in [6, 6.07) is 15.9. The normalized spacial score (nSPS) is 17.1. The van der Waals surface area contributed by atoms with E-state index in [1.807, 2.05) is 36.4 Å². The van der Waals surface area contributed by atoms with Crippen LogP contribution in [0.2, 0.25) is 0 Å². The van der Waals surface area contributed by atoms with Crippen LogP contribution in [-0.4, -0.2) is 12.4 Å². The number of rotatable bonds is 2. The van der Waals surface area contributed by atoms with Crippen molar-refractivity contribution in [3.63, 3.8) is 0 Å². The Bertz CT molecular complexity index is 587. The summed E-state index contributed by atoms with van der Waals surface area (Å²) in [5, 5.41) is 0. The summed E-state index contributed by atoms with van der Waals surface area (Å²) in [5.41, 5.74) is 3.01. The highest BCUT2D eigenvalue weighted by molar-refractivity contribution is 5.96. The number of ether oxygens (including phenoxy) is 1. The van der Waals surface area contributed by atoms with Crippen molar-refractivity contribution in [2.45, 2.75) is 12.8 Å². The fourth-order valence-electron chi connectivity index (χ4n) is 2.54. The second kappa shape index (κ2) is 4.30. The van der Waals surface area contributed by atoms with Crippen LogP contribution < -0.4 is 4.74 Å². The van der Waals surface area contributed by atoms with Gasteiger partial charge in [-0.1, -0.05) is 42.5 Å². The molecule has 3 rings (SSSR count). The average molecular weight is 238 g/mol. The molecule has 1 aliphatic heterocycles. The van der Waals surface area contributed by atoms with E-state index in [0.717, 1.165) is 16.9 Å². The SMILES string of the molecule is CC(=O)c1cccc2c1[C@@H](c1ccccc1)CO2. The van der Waals surface area contributed by atoms with E-state index in [2.05, 4.69) is 12.1 Å². The van der Waals surface area contributed by atoms with Crippen molar-refractivity contribution in [2.24, 2.45) is 0 Å². The zero-order valence-corrected chi connectivity index (χ0v) is 10.2.